The van der Waals surface area contributed by atoms with Gasteiger partial charge in [0.15, 0.2) is 10.6 Å². The number of hydrogen-bond acceptors (Lipinski definition) is 6. The Morgan fingerprint density at radius 2 is 2.06 bits per heavy atom. The fourth-order valence-corrected chi connectivity index (χ4v) is 4.34. The van der Waals surface area contributed by atoms with Gasteiger partial charge in [-0.05, 0) is 54.5 Å². The zero-order valence-electron chi connectivity index (χ0n) is 19.6. The Balaban J connectivity index is 1.30. The summed E-state index contributed by atoms with van der Waals surface area (Å²) >= 11 is 5.38. The molecule has 4 rings (SSSR count). The van der Waals surface area contributed by atoms with E-state index in [9.17, 15) is 4.79 Å². The molecule has 34 heavy (non-hydrogen) atoms. The first kappa shape index (κ1) is 24.1. The van der Waals surface area contributed by atoms with E-state index in [1.54, 1.807) is 7.11 Å². The summed E-state index contributed by atoms with van der Waals surface area (Å²) in [4.78, 5) is 15.0. The Hall–Kier alpha value is -3.01. The van der Waals surface area contributed by atoms with E-state index >= 15 is 0 Å². The standard InChI is InChI=1S/C25H31N5O3S/c1-18-16-29(12-13-33-18)17-20-5-3-4-19(14-20)15-26-23(31)10-11-30-24(27-28-25(30)34)21-6-8-22(32-2)9-7-21/h3-9,14,18H,10-13,15-17H2,1-2H3,(H,26,31)(H,28,34). The summed E-state index contributed by atoms with van der Waals surface area (Å²) in [6.07, 6.45) is 0.577. The van der Waals surface area contributed by atoms with Crippen LogP contribution in [0.4, 0.5) is 0 Å². The minimum atomic E-state index is -0.0313. The smallest absolute Gasteiger partial charge is 0.222 e. The zero-order chi connectivity index (χ0) is 23.9. The third-order valence-corrected chi connectivity index (χ3v) is 6.19. The maximum absolute atomic E-state index is 12.6. The van der Waals surface area contributed by atoms with Crippen molar-refractivity contribution in [2.45, 2.75) is 39.1 Å². The predicted molar refractivity (Wildman–Crippen MR) is 133 cm³/mol. The first-order valence-electron chi connectivity index (χ1n) is 11.5. The monoisotopic (exact) mass is 481 g/mol. The average Bonchev–Trinajstić information content (AvgIpc) is 3.22. The van der Waals surface area contributed by atoms with Crippen LogP contribution in [-0.4, -0.2) is 58.5 Å². The van der Waals surface area contributed by atoms with E-state index in [0.717, 1.165) is 43.1 Å². The number of ether oxygens (including phenoxy) is 2. The molecule has 1 atom stereocenters. The van der Waals surface area contributed by atoms with Crippen molar-refractivity contribution in [2.75, 3.05) is 26.8 Å². The number of aromatic amines is 1. The summed E-state index contributed by atoms with van der Waals surface area (Å²) in [5, 5.41) is 10.2. The van der Waals surface area contributed by atoms with E-state index in [1.807, 2.05) is 41.0 Å². The molecule has 180 valence electrons. The molecule has 1 amide bonds. The molecule has 1 unspecified atom stereocenters. The highest BCUT2D eigenvalue weighted by Crippen LogP contribution is 2.21. The number of methoxy groups -OCH3 is 1. The number of benzene rings is 2. The highest BCUT2D eigenvalue weighted by atomic mass is 32.1. The number of morpholine rings is 1. The third kappa shape index (κ3) is 6.31. The average molecular weight is 482 g/mol. The van der Waals surface area contributed by atoms with E-state index in [-0.39, 0.29) is 12.0 Å². The maximum Gasteiger partial charge on any atom is 0.222 e. The van der Waals surface area contributed by atoms with E-state index in [2.05, 4.69) is 39.5 Å². The number of aromatic nitrogens is 3. The van der Waals surface area contributed by atoms with Gasteiger partial charge in [-0.3, -0.25) is 19.4 Å². The molecule has 2 N–H and O–H groups in total. The van der Waals surface area contributed by atoms with E-state index in [1.165, 1.54) is 5.56 Å². The number of rotatable bonds is 9. The van der Waals surface area contributed by atoms with Gasteiger partial charge in [-0.1, -0.05) is 24.3 Å². The van der Waals surface area contributed by atoms with Gasteiger partial charge in [-0.2, -0.15) is 5.10 Å². The van der Waals surface area contributed by atoms with Crippen LogP contribution in [0.3, 0.4) is 0 Å². The first-order chi connectivity index (χ1) is 16.5. The second-order valence-corrected chi connectivity index (χ2v) is 8.88. The van der Waals surface area contributed by atoms with Gasteiger partial charge in [0, 0.05) is 44.7 Å². The molecule has 8 nitrogen and oxygen atoms in total. The summed E-state index contributed by atoms with van der Waals surface area (Å²) in [6.45, 7) is 6.59. The maximum atomic E-state index is 12.6. The van der Waals surface area contributed by atoms with Crippen LogP contribution >= 0.6 is 12.2 Å². The molecular formula is C25H31N5O3S. The molecule has 2 aromatic carbocycles. The first-order valence-corrected chi connectivity index (χ1v) is 11.9. The summed E-state index contributed by atoms with van der Waals surface area (Å²) in [6, 6.07) is 16.0. The van der Waals surface area contributed by atoms with Crippen molar-refractivity contribution >= 4 is 18.1 Å². The molecule has 0 aliphatic carbocycles. The van der Waals surface area contributed by atoms with Gasteiger partial charge < -0.3 is 14.8 Å². The minimum absolute atomic E-state index is 0.0313. The molecule has 0 radical (unpaired) electrons. The normalized spacial score (nSPS) is 16.4. The highest BCUT2D eigenvalue weighted by molar-refractivity contribution is 7.71. The molecule has 0 saturated carbocycles. The van der Waals surface area contributed by atoms with Crippen molar-refractivity contribution < 1.29 is 14.3 Å². The second kappa shape index (κ2) is 11.4. The third-order valence-electron chi connectivity index (χ3n) is 5.88. The van der Waals surface area contributed by atoms with Crippen LogP contribution in [0.25, 0.3) is 11.4 Å². The van der Waals surface area contributed by atoms with Gasteiger partial charge in [0.2, 0.25) is 5.91 Å². The van der Waals surface area contributed by atoms with Crippen molar-refractivity contribution in [3.8, 4) is 17.1 Å². The summed E-state index contributed by atoms with van der Waals surface area (Å²) in [5.41, 5.74) is 3.24. The number of hydrogen-bond donors (Lipinski definition) is 2. The molecule has 9 heteroatoms. The fourth-order valence-electron chi connectivity index (χ4n) is 4.12. The van der Waals surface area contributed by atoms with Gasteiger partial charge in [-0.25, -0.2) is 0 Å². The number of nitrogens with zero attached hydrogens (tertiary/aromatic N) is 3. The number of carbonyl (C=O) groups is 1. The van der Waals surface area contributed by atoms with Gasteiger partial charge in [0.1, 0.15) is 5.75 Å². The summed E-state index contributed by atoms with van der Waals surface area (Å²) in [5.74, 6) is 1.44. The van der Waals surface area contributed by atoms with Gasteiger partial charge in [-0.15, -0.1) is 0 Å². The molecule has 3 aromatic rings. The number of amides is 1. The lowest BCUT2D eigenvalue weighted by Gasteiger charge is -2.31. The van der Waals surface area contributed by atoms with Crippen molar-refractivity contribution in [1.29, 1.82) is 0 Å². The van der Waals surface area contributed by atoms with E-state index in [4.69, 9.17) is 21.7 Å². The lowest BCUT2D eigenvalue weighted by molar-refractivity contribution is -0.121. The second-order valence-electron chi connectivity index (χ2n) is 8.50. The van der Waals surface area contributed by atoms with Crippen LogP contribution in [0.1, 0.15) is 24.5 Å². The summed E-state index contributed by atoms with van der Waals surface area (Å²) < 4.78 is 13.2. The molecule has 0 spiro atoms. The van der Waals surface area contributed by atoms with Crippen molar-refractivity contribution in [3.05, 3.63) is 64.4 Å². The largest absolute Gasteiger partial charge is 0.497 e. The van der Waals surface area contributed by atoms with Gasteiger partial charge >= 0.3 is 0 Å². The molecule has 1 saturated heterocycles. The minimum Gasteiger partial charge on any atom is -0.497 e. The van der Waals surface area contributed by atoms with Crippen LogP contribution in [0.15, 0.2) is 48.5 Å². The van der Waals surface area contributed by atoms with Crippen molar-refractivity contribution in [2.24, 2.45) is 0 Å². The zero-order valence-corrected chi connectivity index (χ0v) is 20.4. The Morgan fingerprint density at radius 1 is 1.26 bits per heavy atom. The van der Waals surface area contributed by atoms with Crippen LogP contribution < -0.4 is 10.1 Å². The lowest BCUT2D eigenvalue weighted by atomic mass is 10.1. The van der Waals surface area contributed by atoms with Crippen LogP contribution in [0, 0.1) is 4.77 Å². The SMILES string of the molecule is COc1ccc(-c2n[nH]c(=S)n2CCC(=O)NCc2cccc(CN3CCOC(C)C3)c2)cc1. The Kier molecular flexibility index (Phi) is 8.10. The Morgan fingerprint density at radius 3 is 2.82 bits per heavy atom. The fraction of sp³-hybridized carbons (Fsp3) is 0.400. The van der Waals surface area contributed by atoms with E-state index < -0.39 is 0 Å². The molecule has 1 aromatic heterocycles. The van der Waals surface area contributed by atoms with Gasteiger partial charge in [0.25, 0.3) is 0 Å². The Labute approximate surface area is 204 Å². The van der Waals surface area contributed by atoms with Crippen LogP contribution in [0.5, 0.6) is 5.75 Å². The van der Waals surface area contributed by atoms with Crippen molar-refractivity contribution in [1.82, 2.24) is 25.0 Å². The molecule has 0 bridgehead atoms. The van der Waals surface area contributed by atoms with Crippen LogP contribution in [-0.2, 0) is 29.2 Å². The van der Waals surface area contributed by atoms with E-state index in [0.29, 0.717) is 30.1 Å². The van der Waals surface area contributed by atoms with Crippen molar-refractivity contribution in [3.63, 3.8) is 0 Å². The lowest BCUT2D eigenvalue weighted by Crippen LogP contribution is -2.40. The van der Waals surface area contributed by atoms with Gasteiger partial charge in [0.05, 0.1) is 19.8 Å². The Bertz CT molecular complexity index is 1160. The number of H-pyrrole nitrogens is 1. The topological polar surface area (TPSA) is 84.4 Å². The highest BCUT2D eigenvalue weighted by Gasteiger charge is 2.17. The predicted octanol–water partition coefficient (Wildman–Crippen LogP) is 3.54. The number of carbonyl (C=O) groups excluding carboxylic acids is 1. The molecule has 2 heterocycles. The quantitative estimate of drug-likeness (QED) is 0.455. The number of nitrogens with one attached hydrogen (secondary N) is 2. The summed E-state index contributed by atoms with van der Waals surface area (Å²) in [7, 11) is 1.63. The molecule has 1 aliphatic heterocycles. The van der Waals surface area contributed by atoms with Crippen LogP contribution in [0.2, 0.25) is 0 Å². The molecule has 1 aliphatic rings. The molecule has 1 fully saturated rings. The molecular weight excluding hydrogens is 450 g/mol.